The summed E-state index contributed by atoms with van der Waals surface area (Å²) in [6, 6.07) is -1.46. The first-order valence-electron chi connectivity index (χ1n) is 10.0. The van der Waals surface area contributed by atoms with E-state index in [9.17, 15) is 33.6 Å². The maximum Gasteiger partial charge on any atom is 0.303 e. The van der Waals surface area contributed by atoms with E-state index in [-0.39, 0.29) is 0 Å². The Morgan fingerprint density at radius 3 is 1.44 bits per heavy atom. The molecule has 34 heavy (non-hydrogen) atoms. The van der Waals surface area contributed by atoms with E-state index in [0.29, 0.717) is 5.01 Å². The van der Waals surface area contributed by atoms with Crippen LogP contribution in [0.2, 0.25) is 0 Å². The highest BCUT2D eigenvalue weighted by atomic mass is 16.6. The van der Waals surface area contributed by atoms with Crippen LogP contribution in [0.15, 0.2) is 0 Å². The Labute approximate surface area is 196 Å². The lowest BCUT2D eigenvalue weighted by Crippen LogP contribution is -2.63. The van der Waals surface area contributed by atoms with Crippen LogP contribution in [0.3, 0.4) is 0 Å². The molecule has 0 radical (unpaired) electrons. The number of hydrazine groups is 1. The van der Waals surface area contributed by atoms with Crippen molar-refractivity contribution in [2.75, 3.05) is 13.2 Å². The van der Waals surface area contributed by atoms with Crippen molar-refractivity contribution in [2.45, 2.75) is 72.8 Å². The summed E-state index contributed by atoms with van der Waals surface area (Å²) >= 11 is 0. The number of hydrogen-bond donors (Lipinski definition) is 1. The zero-order valence-electron chi connectivity index (χ0n) is 20.1. The molecule has 0 aliphatic carbocycles. The van der Waals surface area contributed by atoms with E-state index in [1.54, 1.807) is 0 Å². The number of amides is 2. The molecule has 0 aliphatic heterocycles. The molecule has 0 fully saturated rings. The van der Waals surface area contributed by atoms with Crippen molar-refractivity contribution in [3.05, 3.63) is 0 Å². The smallest absolute Gasteiger partial charge is 0.303 e. The highest BCUT2D eigenvalue weighted by molar-refractivity contribution is 5.80. The highest BCUT2D eigenvalue weighted by Gasteiger charge is 2.46. The molecule has 0 heterocycles. The van der Waals surface area contributed by atoms with Gasteiger partial charge in [-0.2, -0.15) is 0 Å². The van der Waals surface area contributed by atoms with Gasteiger partial charge in [0.1, 0.15) is 19.3 Å². The van der Waals surface area contributed by atoms with Crippen molar-refractivity contribution < 1.29 is 57.2 Å². The third kappa shape index (κ3) is 11.8. The molecule has 0 saturated heterocycles. The fourth-order valence-electron chi connectivity index (χ4n) is 2.79. The maximum absolute atomic E-state index is 12.3. The first-order chi connectivity index (χ1) is 15.6. The summed E-state index contributed by atoms with van der Waals surface area (Å²) in [7, 11) is 0. The van der Waals surface area contributed by atoms with Crippen LogP contribution in [0, 0.1) is 0 Å². The molecule has 0 aliphatic rings. The van der Waals surface area contributed by atoms with Crippen molar-refractivity contribution in [1.82, 2.24) is 10.4 Å². The van der Waals surface area contributed by atoms with Gasteiger partial charge in [0.25, 0.3) is 0 Å². The number of esters is 5. The van der Waals surface area contributed by atoms with E-state index in [4.69, 9.17) is 23.7 Å². The van der Waals surface area contributed by atoms with Crippen molar-refractivity contribution in [2.24, 2.45) is 0 Å². The average molecular weight is 490 g/mol. The monoisotopic (exact) mass is 490 g/mol. The largest absolute Gasteiger partial charge is 0.463 e. The van der Waals surface area contributed by atoms with Crippen LogP contribution in [0.4, 0.5) is 0 Å². The molecule has 0 aromatic rings. The minimum absolute atomic E-state index is 0.620. The van der Waals surface area contributed by atoms with Gasteiger partial charge in [-0.3, -0.25) is 39.0 Å². The molecule has 2 amide bonds. The molecule has 0 aromatic heterocycles. The van der Waals surface area contributed by atoms with Gasteiger partial charge in [0.2, 0.25) is 11.8 Å². The van der Waals surface area contributed by atoms with E-state index in [1.165, 1.54) is 0 Å². The first kappa shape index (κ1) is 30.3. The predicted octanol–water partition coefficient (Wildman–Crippen LogP) is -0.824. The Bertz CT molecular complexity index is 796. The van der Waals surface area contributed by atoms with Crippen LogP contribution in [-0.4, -0.2) is 84.2 Å². The van der Waals surface area contributed by atoms with E-state index in [0.717, 1.165) is 48.5 Å². The maximum atomic E-state index is 12.3. The third-order valence-electron chi connectivity index (χ3n) is 3.85. The summed E-state index contributed by atoms with van der Waals surface area (Å²) in [5, 5.41) is 0.714. The van der Waals surface area contributed by atoms with Gasteiger partial charge in [-0.25, -0.2) is 5.01 Å². The van der Waals surface area contributed by atoms with Crippen molar-refractivity contribution >= 4 is 41.7 Å². The van der Waals surface area contributed by atoms with E-state index in [2.05, 4.69) is 5.43 Å². The minimum atomic E-state index is -1.67. The van der Waals surface area contributed by atoms with Crippen LogP contribution in [0.25, 0.3) is 0 Å². The lowest BCUT2D eigenvalue weighted by Gasteiger charge is -2.39. The standard InChI is InChI=1S/C20H30N2O12/c1-10(23)21-22(11(2)24)17(8-30-12(3)25)19(33-15(6)28)20(34-16(7)29)18(32-14(5)27)9-31-13(4)26/h17-20H,8-9H2,1-7H3,(H,21,23)/t17-,18-,19+,20-/m1/s1. The molecule has 14 heteroatoms. The first-order valence-corrected chi connectivity index (χ1v) is 10.0. The van der Waals surface area contributed by atoms with Crippen LogP contribution in [0.5, 0.6) is 0 Å². The zero-order chi connectivity index (χ0) is 26.6. The fraction of sp³-hybridized carbons (Fsp3) is 0.650. The van der Waals surface area contributed by atoms with Gasteiger partial charge < -0.3 is 23.7 Å². The molecule has 0 saturated carbocycles. The summed E-state index contributed by atoms with van der Waals surface area (Å²) < 4.78 is 25.6. The Morgan fingerprint density at radius 2 is 1.06 bits per heavy atom. The number of carbonyl (C=O) groups excluding carboxylic acids is 7. The molecule has 1 N–H and O–H groups in total. The van der Waals surface area contributed by atoms with E-state index in [1.807, 2.05) is 0 Å². The molecule has 14 nitrogen and oxygen atoms in total. The van der Waals surface area contributed by atoms with E-state index < -0.39 is 79.2 Å². The fourth-order valence-corrected chi connectivity index (χ4v) is 2.79. The Balaban J connectivity index is 6.74. The molecule has 0 unspecified atom stereocenters. The molecule has 0 bridgehead atoms. The minimum Gasteiger partial charge on any atom is -0.463 e. The molecule has 192 valence electrons. The number of ether oxygens (including phenoxy) is 5. The van der Waals surface area contributed by atoms with Gasteiger partial charge in [-0.1, -0.05) is 0 Å². The second kappa shape index (κ2) is 14.4. The summed E-state index contributed by atoms with van der Waals surface area (Å²) in [4.78, 5) is 82.4. The molecular weight excluding hydrogens is 460 g/mol. The predicted molar refractivity (Wildman–Crippen MR) is 110 cm³/mol. The molecule has 4 atom stereocenters. The lowest BCUT2D eigenvalue weighted by atomic mass is 9.99. The quantitative estimate of drug-likeness (QED) is 0.216. The SMILES string of the molecule is CC(=O)NN(C(C)=O)[C@H](COC(C)=O)[C@H](OC(C)=O)[C@H](OC(C)=O)[C@@H](COC(C)=O)OC(C)=O. The van der Waals surface area contributed by atoms with Crippen molar-refractivity contribution in [1.29, 1.82) is 0 Å². The number of nitrogens with one attached hydrogen (secondary N) is 1. The summed E-state index contributed by atoms with van der Waals surface area (Å²) in [5.41, 5.74) is 2.22. The van der Waals surface area contributed by atoms with Crippen LogP contribution >= 0.6 is 0 Å². The Kier molecular flexibility index (Phi) is 12.9. The Hall–Kier alpha value is -3.71. The van der Waals surface area contributed by atoms with E-state index >= 15 is 0 Å². The summed E-state index contributed by atoms with van der Waals surface area (Å²) in [6.07, 6.45) is -4.85. The van der Waals surface area contributed by atoms with Gasteiger partial charge in [0.15, 0.2) is 18.3 Å². The van der Waals surface area contributed by atoms with Crippen molar-refractivity contribution in [3.8, 4) is 0 Å². The van der Waals surface area contributed by atoms with Gasteiger partial charge in [-0.15, -0.1) is 0 Å². The normalized spacial score (nSPS) is 13.7. The third-order valence-corrected chi connectivity index (χ3v) is 3.85. The number of nitrogens with zero attached hydrogens (tertiary/aromatic N) is 1. The van der Waals surface area contributed by atoms with Gasteiger partial charge >= 0.3 is 29.8 Å². The molecule has 0 rings (SSSR count). The zero-order valence-corrected chi connectivity index (χ0v) is 20.1. The van der Waals surface area contributed by atoms with Crippen LogP contribution < -0.4 is 5.43 Å². The molecular formula is C20H30N2O12. The highest BCUT2D eigenvalue weighted by Crippen LogP contribution is 2.21. The van der Waals surface area contributed by atoms with Crippen LogP contribution in [0.1, 0.15) is 48.5 Å². The number of carbonyl (C=O) groups is 7. The second-order valence-corrected chi connectivity index (χ2v) is 7.03. The summed E-state index contributed by atoms with van der Waals surface area (Å²) in [6.45, 7) is 6.08. The average Bonchev–Trinajstić information content (AvgIpc) is 2.66. The number of rotatable bonds is 11. The molecule has 0 aromatic carbocycles. The lowest BCUT2D eigenvalue weighted by molar-refractivity contribution is -0.199. The topological polar surface area (TPSA) is 181 Å². The Morgan fingerprint density at radius 1 is 0.618 bits per heavy atom. The van der Waals surface area contributed by atoms with Crippen LogP contribution in [-0.2, 0) is 57.2 Å². The van der Waals surface area contributed by atoms with Gasteiger partial charge in [0, 0.05) is 48.5 Å². The second-order valence-electron chi connectivity index (χ2n) is 7.03. The number of hydrogen-bond acceptors (Lipinski definition) is 12. The summed E-state index contributed by atoms with van der Waals surface area (Å²) in [5.74, 6) is -5.71. The van der Waals surface area contributed by atoms with Gasteiger partial charge in [-0.05, 0) is 0 Å². The molecule has 0 spiro atoms. The van der Waals surface area contributed by atoms with Gasteiger partial charge in [0.05, 0.1) is 0 Å². The van der Waals surface area contributed by atoms with Crippen molar-refractivity contribution in [3.63, 3.8) is 0 Å².